The number of hydrogen-bond acceptors (Lipinski definition) is 2. The Bertz CT molecular complexity index is 376. The van der Waals surface area contributed by atoms with Gasteiger partial charge in [0.15, 0.2) is 0 Å². The predicted molar refractivity (Wildman–Crippen MR) is 60.5 cm³/mol. The van der Waals surface area contributed by atoms with Crippen LogP contribution >= 0.6 is 0 Å². The lowest BCUT2D eigenvalue weighted by Gasteiger charge is -2.06. The highest BCUT2D eigenvalue weighted by atomic mass is 32.2. The van der Waals surface area contributed by atoms with Crippen LogP contribution in [-0.2, 0) is 16.8 Å². The van der Waals surface area contributed by atoms with E-state index in [0.29, 0.717) is 13.1 Å². The summed E-state index contributed by atoms with van der Waals surface area (Å²) in [7, 11) is -3.34. The van der Waals surface area contributed by atoms with Gasteiger partial charge in [0.1, 0.15) is 0 Å². The van der Waals surface area contributed by atoms with E-state index in [1.54, 1.807) is 0 Å². The molecule has 0 saturated heterocycles. The van der Waals surface area contributed by atoms with Gasteiger partial charge in [0.25, 0.3) is 10.2 Å². The van der Waals surface area contributed by atoms with Crippen molar-refractivity contribution < 1.29 is 8.42 Å². The first kappa shape index (κ1) is 12.2. The summed E-state index contributed by atoms with van der Waals surface area (Å²) < 4.78 is 27.6. The van der Waals surface area contributed by atoms with Gasteiger partial charge >= 0.3 is 0 Å². The van der Waals surface area contributed by atoms with Gasteiger partial charge in [0.05, 0.1) is 0 Å². The van der Waals surface area contributed by atoms with Crippen molar-refractivity contribution in [1.82, 2.24) is 9.44 Å². The minimum absolute atomic E-state index is 0.319. The third-order valence-electron chi connectivity index (χ3n) is 1.85. The Labute approximate surface area is 90.9 Å². The minimum atomic E-state index is -3.34. The van der Waals surface area contributed by atoms with Crippen molar-refractivity contribution in [3.63, 3.8) is 0 Å². The van der Waals surface area contributed by atoms with Crippen molar-refractivity contribution in [3.05, 3.63) is 35.9 Å². The van der Waals surface area contributed by atoms with E-state index in [9.17, 15) is 8.42 Å². The quantitative estimate of drug-likeness (QED) is 0.763. The Morgan fingerprint density at radius 2 is 1.80 bits per heavy atom. The highest BCUT2D eigenvalue weighted by molar-refractivity contribution is 7.87. The maximum absolute atomic E-state index is 11.3. The molecule has 0 fully saturated rings. The zero-order valence-corrected chi connectivity index (χ0v) is 9.55. The Hall–Kier alpha value is -0.910. The molecule has 0 unspecified atom stereocenters. The van der Waals surface area contributed by atoms with E-state index in [1.807, 2.05) is 37.3 Å². The summed E-state index contributed by atoms with van der Waals surface area (Å²) >= 11 is 0. The van der Waals surface area contributed by atoms with Crippen molar-refractivity contribution in [2.45, 2.75) is 19.9 Å². The molecule has 1 rings (SSSR count). The van der Waals surface area contributed by atoms with Crippen LogP contribution in [0.25, 0.3) is 0 Å². The largest absolute Gasteiger partial charge is 0.277 e. The minimum Gasteiger partial charge on any atom is -0.202 e. The van der Waals surface area contributed by atoms with Crippen LogP contribution < -0.4 is 9.44 Å². The average molecular weight is 228 g/mol. The van der Waals surface area contributed by atoms with Crippen LogP contribution in [0.1, 0.15) is 18.9 Å². The van der Waals surface area contributed by atoms with Crippen molar-refractivity contribution in [1.29, 1.82) is 0 Å². The zero-order chi connectivity index (χ0) is 11.1. The molecule has 0 aromatic heterocycles. The fourth-order valence-corrected chi connectivity index (χ4v) is 1.99. The van der Waals surface area contributed by atoms with E-state index >= 15 is 0 Å². The Kier molecular flexibility index (Phi) is 4.74. The normalized spacial score (nSPS) is 11.5. The monoisotopic (exact) mass is 228 g/mol. The second kappa shape index (κ2) is 5.85. The summed E-state index contributed by atoms with van der Waals surface area (Å²) in [6.07, 6.45) is 0.784. The van der Waals surface area contributed by atoms with Gasteiger partial charge in [-0.05, 0) is 12.0 Å². The highest BCUT2D eigenvalue weighted by Gasteiger charge is 2.06. The molecule has 2 N–H and O–H groups in total. The van der Waals surface area contributed by atoms with Crippen LogP contribution in [0.5, 0.6) is 0 Å². The van der Waals surface area contributed by atoms with E-state index in [2.05, 4.69) is 9.44 Å². The highest BCUT2D eigenvalue weighted by Crippen LogP contribution is 1.97. The third kappa shape index (κ3) is 4.92. The maximum atomic E-state index is 11.3. The summed E-state index contributed by atoms with van der Waals surface area (Å²) in [6, 6.07) is 9.41. The molecule has 0 bridgehead atoms. The van der Waals surface area contributed by atoms with E-state index in [0.717, 1.165) is 12.0 Å². The summed E-state index contributed by atoms with van der Waals surface area (Å²) in [5.74, 6) is 0. The molecule has 1 aromatic carbocycles. The van der Waals surface area contributed by atoms with Crippen LogP contribution in [-0.4, -0.2) is 15.0 Å². The molecule has 15 heavy (non-hydrogen) atoms. The second-order valence-corrected chi connectivity index (χ2v) is 4.79. The topological polar surface area (TPSA) is 58.2 Å². The molecule has 0 atom stereocenters. The summed E-state index contributed by atoms with van der Waals surface area (Å²) in [5, 5.41) is 0. The average Bonchev–Trinajstić information content (AvgIpc) is 2.25. The number of hydrogen-bond donors (Lipinski definition) is 2. The second-order valence-electron chi connectivity index (χ2n) is 3.20. The van der Waals surface area contributed by atoms with Gasteiger partial charge in [-0.3, -0.25) is 0 Å². The molecule has 0 saturated carbocycles. The fraction of sp³-hybridized carbons (Fsp3) is 0.400. The number of nitrogens with one attached hydrogen (secondary N) is 2. The molecule has 1 aromatic rings. The van der Waals surface area contributed by atoms with Crippen LogP contribution in [0.4, 0.5) is 0 Å². The summed E-state index contributed by atoms with van der Waals surface area (Å²) in [5.41, 5.74) is 0.944. The lowest BCUT2D eigenvalue weighted by atomic mass is 10.2. The molecule has 84 valence electrons. The van der Waals surface area contributed by atoms with Crippen molar-refractivity contribution in [2.75, 3.05) is 6.54 Å². The SMILES string of the molecule is CCCNS(=O)(=O)NCc1ccccc1. The van der Waals surface area contributed by atoms with E-state index in [4.69, 9.17) is 0 Å². The number of benzene rings is 1. The van der Waals surface area contributed by atoms with Gasteiger partial charge in [-0.1, -0.05) is 37.3 Å². The fourth-order valence-electron chi connectivity index (χ4n) is 1.06. The standard InChI is InChI=1S/C10H16N2O2S/c1-2-8-11-15(13,14)12-9-10-6-4-3-5-7-10/h3-7,11-12H,2,8-9H2,1H3. The van der Waals surface area contributed by atoms with Gasteiger partial charge in [-0.2, -0.15) is 13.1 Å². The molecular weight excluding hydrogens is 212 g/mol. The lowest BCUT2D eigenvalue weighted by Crippen LogP contribution is -2.36. The first-order chi connectivity index (χ1) is 7.14. The Balaban J connectivity index is 2.43. The first-order valence-electron chi connectivity index (χ1n) is 4.92. The van der Waals surface area contributed by atoms with Crippen molar-refractivity contribution >= 4 is 10.2 Å². The summed E-state index contributed by atoms with van der Waals surface area (Å²) in [4.78, 5) is 0. The van der Waals surface area contributed by atoms with Crippen molar-refractivity contribution in [2.24, 2.45) is 0 Å². The molecule has 0 aliphatic rings. The van der Waals surface area contributed by atoms with E-state index in [-0.39, 0.29) is 0 Å². The van der Waals surface area contributed by atoms with Crippen LogP contribution in [0.3, 0.4) is 0 Å². The van der Waals surface area contributed by atoms with Gasteiger partial charge in [-0.25, -0.2) is 4.72 Å². The lowest BCUT2D eigenvalue weighted by molar-refractivity contribution is 0.565. The number of rotatable bonds is 6. The zero-order valence-electron chi connectivity index (χ0n) is 8.73. The van der Waals surface area contributed by atoms with Gasteiger partial charge in [-0.15, -0.1) is 0 Å². The van der Waals surface area contributed by atoms with E-state index < -0.39 is 10.2 Å². The van der Waals surface area contributed by atoms with Gasteiger partial charge in [0, 0.05) is 13.1 Å². The molecule has 0 radical (unpaired) electrons. The summed E-state index contributed by atoms with van der Waals surface area (Å²) in [6.45, 7) is 2.70. The van der Waals surface area contributed by atoms with Crippen LogP contribution in [0.2, 0.25) is 0 Å². The smallest absolute Gasteiger partial charge is 0.202 e. The molecule has 0 spiro atoms. The molecule has 0 aliphatic carbocycles. The van der Waals surface area contributed by atoms with Crippen LogP contribution in [0.15, 0.2) is 30.3 Å². The van der Waals surface area contributed by atoms with Gasteiger partial charge in [0.2, 0.25) is 0 Å². The van der Waals surface area contributed by atoms with Gasteiger partial charge < -0.3 is 0 Å². The molecule has 5 heteroatoms. The molecule has 0 amide bonds. The Morgan fingerprint density at radius 3 is 2.40 bits per heavy atom. The Morgan fingerprint density at radius 1 is 1.13 bits per heavy atom. The molecule has 4 nitrogen and oxygen atoms in total. The molecule has 0 aliphatic heterocycles. The maximum Gasteiger partial charge on any atom is 0.277 e. The van der Waals surface area contributed by atoms with E-state index in [1.165, 1.54) is 0 Å². The van der Waals surface area contributed by atoms with Crippen LogP contribution in [0, 0.1) is 0 Å². The predicted octanol–water partition coefficient (Wildman–Crippen LogP) is 1.02. The first-order valence-corrected chi connectivity index (χ1v) is 6.40. The van der Waals surface area contributed by atoms with Crippen molar-refractivity contribution in [3.8, 4) is 0 Å². The molecule has 0 heterocycles. The molecular formula is C10H16N2O2S. The third-order valence-corrected chi connectivity index (χ3v) is 2.96.